The molecule has 2 rings (SSSR count). The van der Waals surface area contributed by atoms with Crippen LogP contribution in [-0.2, 0) is 5.41 Å². The summed E-state index contributed by atoms with van der Waals surface area (Å²) in [5.41, 5.74) is 9.69. The standard InChI is InChI=1S/C17H19ClN2S/c1-17(2,3)13-6-4-5-7-14(13)20-15-10-11(18)8-9-12(15)16(19)21/h4-10,20H,1-3H3,(H2,19,21). The van der Waals surface area contributed by atoms with Crippen LogP contribution in [0.4, 0.5) is 11.4 Å². The van der Waals surface area contributed by atoms with Crippen molar-refractivity contribution in [1.82, 2.24) is 0 Å². The number of hydrogen-bond acceptors (Lipinski definition) is 2. The summed E-state index contributed by atoms with van der Waals surface area (Å²) in [5, 5.41) is 4.06. The van der Waals surface area contributed by atoms with E-state index in [1.165, 1.54) is 5.56 Å². The van der Waals surface area contributed by atoms with Gasteiger partial charge in [0.25, 0.3) is 0 Å². The Balaban J connectivity index is 2.49. The molecule has 3 N–H and O–H groups in total. The number of thiocarbonyl (C=S) groups is 1. The molecule has 0 aliphatic heterocycles. The smallest absolute Gasteiger partial charge is 0.106 e. The predicted octanol–water partition coefficient (Wildman–Crippen LogP) is 5.02. The van der Waals surface area contributed by atoms with Crippen molar-refractivity contribution in [1.29, 1.82) is 0 Å². The minimum Gasteiger partial charge on any atom is -0.389 e. The van der Waals surface area contributed by atoms with Crippen molar-refractivity contribution in [2.45, 2.75) is 26.2 Å². The molecule has 0 bridgehead atoms. The van der Waals surface area contributed by atoms with Crippen LogP contribution in [0.3, 0.4) is 0 Å². The molecule has 0 radical (unpaired) electrons. The SMILES string of the molecule is CC(C)(C)c1ccccc1Nc1cc(Cl)ccc1C(N)=S. The zero-order chi connectivity index (χ0) is 15.6. The molecule has 0 aliphatic carbocycles. The van der Waals surface area contributed by atoms with E-state index in [9.17, 15) is 0 Å². The Morgan fingerprint density at radius 3 is 2.38 bits per heavy atom. The van der Waals surface area contributed by atoms with E-state index < -0.39 is 0 Å². The van der Waals surface area contributed by atoms with Crippen LogP contribution in [0, 0.1) is 0 Å². The van der Waals surface area contributed by atoms with Crippen LogP contribution in [0.15, 0.2) is 42.5 Å². The van der Waals surface area contributed by atoms with E-state index in [0.717, 1.165) is 16.9 Å². The first-order valence-corrected chi connectivity index (χ1v) is 7.53. The molecule has 0 heterocycles. The number of halogens is 1. The molecule has 0 spiro atoms. The lowest BCUT2D eigenvalue weighted by Gasteiger charge is -2.24. The Bertz CT molecular complexity index is 675. The Kier molecular flexibility index (Phi) is 4.55. The molecule has 0 saturated carbocycles. The van der Waals surface area contributed by atoms with Crippen molar-refractivity contribution in [2.75, 3.05) is 5.32 Å². The van der Waals surface area contributed by atoms with Crippen molar-refractivity contribution in [2.24, 2.45) is 5.73 Å². The quantitative estimate of drug-likeness (QED) is 0.781. The topological polar surface area (TPSA) is 38.0 Å². The highest BCUT2D eigenvalue weighted by Crippen LogP contribution is 2.33. The average molecular weight is 319 g/mol. The van der Waals surface area contributed by atoms with Crippen molar-refractivity contribution in [3.8, 4) is 0 Å². The molecule has 0 saturated heterocycles. The van der Waals surface area contributed by atoms with Gasteiger partial charge in [0, 0.05) is 16.3 Å². The van der Waals surface area contributed by atoms with Gasteiger partial charge in [-0.3, -0.25) is 0 Å². The van der Waals surface area contributed by atoms with Gasteiger partial charge in [-0.15, -0.1) is 0 Å². The van der Waals surface area contributed by atoms with Crippen LogP contribution in [-0.4, -0.2) is 4.99 Å². The average Bonchev–Trinajstić information content (AvgIpc) is 2.37. The van der Waals surface area contributed by atoms with E-state index in [4.69, 9.17) is 29.6 Å². The lowest BCUT2D eigenvalue weighted by molar-refractivity contribution is 0.592. The van der Waals surface area contributed by atoms with Gasteiger partial charge in [-0.25, -0.2) is 0 Å². The lowest BCUT2D eigenvalue weighted by atomic mass is 9.85. The fourth-order valence-corrected chi connectivity index (χ4v) is 2.58. The number of nitrogens with one attached hydrogen (secondary N) is 1. The Morgan fingerprint density at radius 2 is 1.76 bits per heavy atom. The third-order valence-electron chi connectivity index (χ3n) is 3.25. The van der Waals surface area contributed by atoms with Crippen LogP contribution in [0.1, 0.15) is 31.9 Å². The van der Waals surface area contributed by atoms with Gasteiger partial charge in [-0.2, -0.15) is 0 Å². The molecule has 0 aromatic heterocycles. The largest absolute Gasteiger partial charge is 0.389 e. The maximum Gasteiger partial charge on any atom is 0.106 e. The number of anilines is 2. The monoisotopic (exact) mass is 318 g/mol. The van der Waals surface area contributed by atoms with Gasteiger partial charge in [-0.1, -0.05) is 62.8 Å². The molecule has 0 aliphatic rings. The maximum atomic E-state index is 6.09. The summed E-state index contributed by atoms with van der Waals surface area (Å²) >= 11 is 11.2. The fourth-order valence-electron chi connectivity index (χ4n) is 2.23. The van der Waals surface area contributed by atoms with Crippen LogP contribution >= 0.6 is 23.8 Å². The molecule has 2 nitrogen and oxygen atoms in total. The Morgan fingerprint density at radius 1 is 1.10 bits per heavy atom. The van der Waals surface area contributed by atoms with Gasteiger partial charge in [0.1, 0.15) is 4.99 Å². The number of rotatable bonds is 3. The van der Waals surface area contributed by atoms with Gasteiger partial charge >= 0.3 is 0 Å². The lowest BCUT2D eigenvalue weighted by Crippen LogP contribution is -2.15. The van der Waals surface area contributed by atoms with Crippen molar-refractivity contribution in [3.05, 3.63) is 58.6 Å². The van der Waals surface area contributed by atoms with E-state index in [-0.39, 0.29) is 5.41 Å². The Hall–Kier alpha value is -1.58. The third kappa shape index (κ3) is 3.74. The zero-order valence-electron chi connectivity index (χ0n) is 12.4. The minimum absolute atomic E-state index is 0.0333. The molecule has 2 aromatic rings. The molecular weight excluding hydrogens is 300 g/mol. The maximum absolute atomic E-state index is 6.09. The first-order chi connectivity index (χ1) is 9.79. The second kappa shape index (κ2) is 6.04. The summed E-state index contributed by atoms with van der Waals surface area (Å²) < 4.78 is 0. The number of hydrogen-bond donors (Lipinski definition) is 2. The molecular formula is C17H19ClN2S. The van der Waals surface area contributed by atoms with Crippen LogP contribution in [0.2, 0.25) is 5.02 Å². The van der Waals surface area contributed by atoms with Gasteiger partial charge in [0.2, 0.25) is 0 Å². The van der Waals surface area contributed by atoms with Crippen molar-refractivity contribution >= 4 is 40.2 Å². The summed E-state index contributed by atoms with van der Waals surface area (Å²) in [5.74, 6) is 0. The molecule has 110 valence electrons. The van der Waals surface area contributed by atoms with Crippen molar-refractivity contribution < 1.29 is 0 Å². The number of nitrogens with two attached hydrogens (primary N) is 1. The second-order valence-corrected chi connectivity index (χ2v) is 6.85. The van der Waals surface area contributed by atoms with E-state index >= 15 is 0 Å². The summed E-state index contributed by atoms with van der Waals surface area (Å²) in [6.45, 7) is 6.54. The predicted molar refractivity (Wildman–Crippen MR) is 95.8 cm³/mol. The van der Waals surface area contributed by atoms with Gasteiger partial charge in [0.15, 0.2) is 0 Å². The van der Waals surface area contributed by atoms with Crippen molar-refractivity contribution in [3.63, 3.8) is 0 Å². The normalized spacial score (nSPS) is 11.2. The molecule has 21 heavy (non-hydrogen) atoms. The fraction of sp³-hybridized carbons (Fsp3) is 0.235. The second-order valence-electron chi connectivity index (χ2n) is 5.97. The van der Waals surface area contributed by atoms with E-state index in [0.29, 0.717) is 10.0 Å². The first kappa shape index (κ1) is 15.8. The molecule has 0 atom stereocenters. The van der Waals surface area contributed by atoms with Crippen LogP contribution in [0.5, 0.6) is 0 Å². The van der Waals surface area contributed by atoms with E-state index in [1.54, 1.807) is 6.07 Å². The first-order valence-electron chi connectivity index (χ1n) is 6.75. The van der Waals surface area contributed by atoms with E-state index in [2.05, 4.69) is 32.2 Å². The van der Waals surface area contributed by atoms with Crippen LogP contribution in [0.25, 0.3) is 0 Å². The highest BCUT2D eigenvalue weighted by molar-refractivity contribution is 7.80. The summed E-state index contributed by atoms with van der Waals surface area (Å²) in [6, 6.07) is 13.7. The Labute approximate surface area is 136 Å². The molecule has 0 amide bonds. The third-order valence-corrected chi connectivity index (χ3v) is 3.71. The van der Waals surface area contributed by atoms with E-state index in [1.807, 2.05) is 30.3 Å². The number of para-hydroxylation sites is 1. The van der Waals surface area contributed by atoms with Crippen LogP contribution < -0.4 is 11.1 Å². The van der Waals surface area contributed by atoms with Gasteiger partial charge < -0.3 is 11.1 Å². The summed E-state index contributed by atoms with van der Waals surface area (Å²) in [6.07, 6.45) is 0. The molecule has 0 unspecified atom stereocenters. The molecule has 0 fully saturated rings. The molecule has 4 heteroatoms. The highest BCUT2D eigenvalue weighted by Gasteiger charge is 2.18. The van der Waals surface area contributed by atoms with Gasteiger partial charge in [-0.05, 0) is 35.2 Å². The molecule has 2 aromatic carbocycles. The highest BCUT2D eigenvalue weighted by atomic mass is 35.5. The minimum atomic E-state index is 0.0333. The van der Waals surface area contributed by atoms with Gasteiger partial charge in [0.05, 0.1) is 5.69 Å². The number of benzene rings is 2. The summed E-state index contributed by atoms with van der Waals surface area (Å²) in [4.78, 5) is 0.349. The summed E-state index contributed by atoms with van der Waals surface area (Å²) in [7, 11) is 0. The zero-order valence-corrected chi connectivity index (χ0v) is 14.0.